The third kappa shape index (κ3) is 2.66. The highest BCUT2D eigenvalue weighted by molar-refractivity contribution is 5.73. The SMILES string of the molecule is Cc1cc(C2CCCN2Cc2nc3ccccc3[nH]c2=O)on1. The molecule has 1 fully saturated rings. The average molecular weight is 310 g/mol. The van der Waals surface area contributed by atoms with E-state index in [1.54, 1.807) is 0 Å². The molecule has 3 aromatic rings. The van der Waals surface area contributed by atoms with Crippen molar-refractivity contribution in [1.29, 1.82) is 0 Å². The second kappa shape index (κ2) is 5.62. The van der Waals surface area contributed by atoms with Crippen molar-refractivity contribution in [2.45, 2.75) is 32.4 Å². The number of hydrogen-bond donors (Lipinski definition) is 1. The molecule has 0 bridgehead atoms. The van der Waals surface area contributed by atoms with Crippen LogP contribution in [-0.4, -0.2) is 26.6 Å². The van der Waals surface area contributed by atoms with Crippen LogP contribution >= 0.6 is 0 Å². The van der Waals surface area contributed by atoms with E-state index in [4.69, 9.17) is 4.52 Å². The van der Waals surface area contributed by atoms with Gasteiger partial charge in [-0.1, -0.05) is 17.3 Å². The van der Waals surface area contributed by atoms with E-state index in [-0.39, 0.29) is 11.6 Å². The van der Waals surface area contributed by atoms with Crippen LogP contribution in [0.5, 0.6) is 0 Å². The number of hydrogen-bond acceptors (Lipinski definition) is 5. The number of aryl methyl sites for hydroxylation is 1. The molecule has 3 heterocycles. The molecule has 0 radical (unpaired) electrons. The first-order valence-electron chi connectivity index (χ1n) is 7.86. The van der Waals surface area contributed by atoms with E-state index in [0.29, 0.717) is 12.2 Å². The maximum Gasteiger partial charge on any atom is 0.271 e. The van der Waals surface area contributed by atoms with Crippen LogP contribution < -0.4 is 5.56 Å². The highest BCUT2D eigenvalue weighted by Crippen LogP contribution is 2.32. The Bertz CT molecular complexity index is 899. The number of nitrogens with zero attached hydrogens (tertiary/aromatic N) is 3. The van der Waals surface area contributed by atoms with Gasteiger partial charge in [0.25, 0.3) is 5.56 Å². The largest absolute Gasteiger partial charge is 0.359 e. The Morgan fingerprint density at radius 1 is 1.39 bits per heavy atom. The second-order valence-electron chi connectivity index (χ2n) is 6.03. The maximum atomic E-state index is 12.3. The molecule has 1 saturated heterocycles. The van der Waals surface area contributed by atoms with Gasteiger partial charge in [0.05, 0.1) is 22.8 Å². The minimum absolute atomic E-state index is 0.122. The molecule has 0 spiro atoms. The van der Waals surface area contributed by atoms with Crippen LogP contribution in [-0.2, 0) is 6.54 Å². The van der Waals surface area contributed by atoms with Crippen LogP contribution in [0.3, 0.4) is 0 Å². The van der Waals surface area contributed by atoms with Gasteiger partial charge >= 0.3 is 0 Å². The molecule has 2 aromatic heterocycles. The molecule has 1 aromatic carbocycles. The Labute approximate surface area is 133 Å². The first-order valence-corrected chi connectivity index (χ1v) is 7.86. The van der Waals surface area contributed by atoms with Crippen LogP contribution in [0.1, 0.15) is 36.0 Å². The van der Waals surface area contributed by atoms with Crippen molar-refractivity contribution in [3.8, 4) is 0 Å². The summed E-state index contributed by atoms with van der Waals surface area (Å²) in [5, 5.41) is 3.98. The highest BCUT2D eigenvalue weighted by Gasteiger charge is 2.30. The Hall–Kier alpha value is -2.47. The lowest BCUT2D eigenvalue weighted by Crippen LogP contribution is -2.27. The summed E-state index contributed by atoms with van der Waals surface area (Å²) >= 11 is 0. The number of fused-ring (bicyclic) bond motifs is 1. The van der Waals surface area contributed by atoms with E-state index in [9.17, 15) is 4.79 Å². The summed E-state index contributed by atoms with van der Waals surface area (Å²) in [5.74, 6) is 0.872. The number of aromatic amines is 1. The van der Waals surface area contributed by atoms with E-state index in [1.165, 1.54) is 0 Å². The molecule has 118 valence electrons. The Morgan fingerprint density at radius 2 is 2.26 bits per heavy atom. The van der Waals surface area contributed by atoms with Gasteiger partial charge < -0.3 is 9.51 Å². The second-order valence-corrected chi connectivity index (χ2v) is 6.03. The predicted octanol–water partition coefficient (Wildman–Crippen LogP) is 2.56. The lowest BCUT2D eigenvalue weighted by Gasteiger charge is -2.21. The highest BCUT2D eigenvalue weighted by atomic mass is 16.5. The van der Waals surface area contributed by atoms with Gasteiger partial charge in [-0.3, -0.25) is 9.69 Å². The van der Waals surface area contributed by atoms with Crippen LogP contribution in [0.25, 0.3) is 11.0 Å². The zero-order valence-corrected chi connectivity index (χ0v) is 13.0. The quantitative estimate of drug-likeness (QED) is 0.804. The molecule has 23 heavy (non-hydrogen) atoms. The summed E-state index contributed by atoms with van der Waals surface area (Å²) in [4.78, 5) is 22.0. The first kappa shape index (κ1) is 14.1. The summed E-state index contributed by atoms with van der Waals surface area (Å²) in [6, 6.07) is 9.74. The summed E-state index contributed by atoms with van der Waals surface area (Å²) in [7, 11) is 0. The van der Waals surface area contributed by atoms with Crippen molar-refractivity contribution in [1.82, 2.24) is 20.0 Å². The molecule has 0 saturated carbocycles. The van der Waals surface area contributed by atoms with E-state index >= 15 is 0 Å². The van der Waals surface area contributed by atoms with Gasteiger partial charge in [-0.2, -0.15) is 0 Å². The molecule has 1 aliphatic heterocycles. The van der Waals surface area contributed by atoms with Crippen molar-refractivity contribution in [3.05, 3.63) is 57.8 Å². The molecule has 6 nitrogen and oxygen atoms in total. The molecular weight excluding hydrogens is 292 g/mol. The fourth-order valence-electron chi connectivity index (χ4n) is 3.24. The van der Waals surface area contributed by atoms with Gasteiger partial charge in [-0.25, -0.2) is 4.98 Å². The Balaban J connectivity index is 1.64. The zero-order valence-electron chi connectivity index (χ0n) is 13.0. The summed E-state index contributed by atoms with van der Waals surface area (Å²) in [6.07, 6.45) is 2.09. The van der Waals surface area contributed by atoms with Crippen molar-refractivity contribution >= 4 is 11.0 Å². The zero-order chi connectivity index (χ0) is 15.8. The van der Waals surface area contributed by atoms with Crippen LogP contribution in [0.15, 0.2) is 39.6 Å². The van der Waals surface area contributed by atoms with Crippen molar-refractivity contribution in [2.24, 2.45) is 0 Å². The summed E-state index contributed by atoms with van der Waals surface area (Å²) in [6.45, 7) is 3.37. The number of benzene rings is 1. The molecule has 4 rings (SSSR count). The van der Waals surface area contributed by atoms with E-state index in [1.807, 2.05) is 37.3 Å². The lowest BCUT2D eigenvalue weighted by atomic mass is 10.1. The smallest absolute Gasteiger partial charge is 0.271 e. The molecule has 1 N–H and O–H groups in total. The monoisotopic (exact) mass is 310 g/mol. The first-order chi connectivity index (χ1) is 11.2. The average Bonchev–Trinajstić information content (AvgIpc) is 3.16. The molecule has 0 aliphatic carbocycles. The van der Waals surface area contributed by atoms with Crippen molar-refractivity contribution < 1.29 is 4.52 Å². The van der Waals surface area contributed by atoms with E-state index in [2.05, 4.69) is 20.0 Å². The lowest BCUT2D eigenvalue weighted by molar-refractivity contribution is 0.204. The van der Waals surface area contributed by atoms with Crippen LogP contribution in [0, 0.1) is 6.92 Å². The molecule has 0 amide bonds. The summed E-state index contributed by atoms with van der Waals surface area (Å²) in [5.41, 5.74) is 2.89. The molecule has 6 heteroatoms. The number of rotatable bonds is 3. The molecular formula is C17H18N4O2. The third-order valence-corrected chi connectivity index (χ3v) is 4.36. The number of likely N-dealkylation sites (tertiary alicyclic amines) is 1. The summed E-state index contributed by atoms with van der Waals surface area (Å²) < 4.78 is 5.42. The van der Waals surface area contributed by atoms with Gasteiger partial charge in [0.1, 0.15) is 5.69 Å². The van der Waals surface area contributed by atoms with Crippen molar-refractivity contribution in [2.75, 3.05) is 6.54 Å². The number of para-hydroxylation sites is 2. The third-order valence-electron chi connectivity index (χ3n) is 4.36. The molecule has 1 aliphatic rings. The van der Waals surface area contributed by atoms with Gasteiger partial charge in [0.15, 0.2) is 5.76 Å². The fourth-order valence-corrected chi connectivity index (χ4v) is 3.24. The fraction of sp³-hybridized carbons (Fsp3) is 0.353. The molecule has 1 unspecified atom stereocenters. The molecule has 1 atom stereocenters. The van der Waals surface area contributed by atoms with Crippen LogP contribution in [0.4, 0.5) is 0 Å². The number of H-pyrrole nitrogens is 1. The Kier molecular flexibility index (Phi) is 3.46. The maximum absolute atomic E-state index is 12.3. The van der Waals surface area contributed by atoms with Gasteiger partial charge in [0.2, 0.25) is 0 Å². The minimum Gasteiger partial charge on any atom is -0.359 e. The normalized spacial score (nSPS) is 18.7. The van der Waals surface area contributed by atoms with Gasteiger partial charge in [-0.15, -0.1) is 0 Å². The Morgan fingerprint density at radius 3 is 3.09 bits per heavy atom. The topological polar surface area (TPSA) is 75.0 Å². The van der Waals surface area contributed by atoms with E-state index in [0.717, 1.165) is 41.9 Å². The van der Waals surface area contributed by atoms with Crippen LogP contribution in [0.2, 0.25) is 0 Å². The van der Waals surface area contributed by atoms with Crippen molar-refractivity contribution in [3.63, 3.8) is 0 Å². The minimum atomic E-state index is -0.122. The number of nitrogens with one attached hydrogen (secondary N) is 1. The number of aromatic nitrogens is 3. The van der Waals surface area contributed by atoms with Gasteiger partial charge in [-0.05, 0) is 38.4 Å². The van der Waals surface area contributed by atoms with E-state index < -0.39 is 0 Å². The van der Waals surface area contributed by atoms with Gasteiger partial charge in [0, 0.05) is 12.6 Å². The standard InChI is InChI=1S/C17H18N4O2/c1-11-9-16(23-20-11)15-7-4-8-21(15)10-14-17(22)19-13-6-3-2-5-12(13)18-14/h2-3,5-6,9,15H,4,7-8,10H2,1H3,(H,19,22). The predicted molar refractivity (Wildman–Crippen MR) is 86.0 cm³/mol.